The van der Waals surface area contributed by atoms with Crippen LogP contribution in [0.3, 0.4) is 0 Å². The molecule has 1 saturated carbocycles. The molecule has 0 radical (unpaired) electrons. The van der Waals surface area contributed by atoms with Crippen LogP contribution in [0.4, 0.5) is 0 Å². The van der Waals surface area contributed by atoms with Gasteiger partial charge in [-0.05, 0) is 24.7 Å². The maximum absolute atomic E-state index is 11.8. The lowest BCUT2D eigenvalue weighted by Crippen LogP contribution is -2.35. The monoisotopic (exact) mass is 212 g/mol. The minimum absolute atomic E-state index is 0.205. The van der Waals surface area contributed by atoms with Gasteiger partial charge in [0.1, 0.15) is 0 Å². The summed E-state index contributed by atoms with van der Waals surface area (Å²) in [5.41, 5.74) is 5.95. The zero-order valence-corrected chi connectivity index (χ0v) is 10.4. The van der Waals surface area contributed by atoms with Crippen LogP contribution in [-0.4, -0.2) is 30.4 Å². The van der Waals surface area contributed by atoms with Crippen molar-refractivity contribution in [1.29, 1.82) is 0 Å². The van der Waals surface area contributed by atoms with Crippen molar-refractivity contribution in [2.45, 2.75) is 39.7 Å². The Balaban J connectivity index is 2.23. The van der Waals surface area contributed by atoms with Gasteiger partial charge in [-0.1, -0.05) is 20.8 Å². The molecular weight excluding hydrogens is 188 g/mol. The van der Waals surface area contributed by atoms with Crippen molar-refractivity contribution >= 4 is 5.91 Å². The minimum atomic E-state index is 0.205. The molecule has 0 aromatic carbocycles. The zero-order chi connectivity index (χ0) is 11.6. The highest BCUT2D eigenvalue weighted by Crippen LogP contribution is 2.38. The van der Waals surface area contributed by atoms with E-state index in [1.165, 1.54) is 0 Å². The van der Waals surface area contributed by atoms with Gasteiger partial charge >= 0.3 is 0 Å². The van der Waals surface area contributed by atoms with E-state index in [2.05, 4.69) is 20.8 Å². The van der Waals surface area contributed by atoms with Crippen molar-refractivity contribution in [3.05, 3.63) is 0 Å². The zero-order valence-electron chi connectivity index (χ0n) is 10.4. The van der Waals surface area contributed by atoms with E-state index in [-0.39, 0.29) is 6.04 Å². The fraction of sp³-hybridized carbons (Fsp3) is 0.917. The lowest BCUT2D eigenvalue weighted by atomic mass is 10.0. The summed E-state index contributed by atoms with van der Waals surface area (Å²) in [7, 11) is 1.89. The third-order valence-corrected chi connectivity index (χ3v) is 3.46. The molecule has 3 nitrogen and oxygen atoms in total. The molecule has 1 aliphatic carbocycles. The van der Waals surface area contributed by atoms with E-state index in [4.69, 9.17) is 5.73 Å². The van der Waals surface area contributed by atoms with Crippen LogP contribution in [0.15, 0.2) is 0 Å². The van der Waals surface area contributed by atoms with Gasteiger partial charge in [0.2, 0.25) is 5.91 Å². The summed E-state index contributed by atoms with van der Waals surface area (Å²) < 4.78 is 0. The molecule has 0 spiro atoms. The van der Waals surface area contributed by atoms with E-state index in [0.29, 0.717) is 23.7 Å². The van der Waals surface area contributed by atoms with Gasteiger partial charge < -0.3 is 10.6 Å². The van der Waals surface area contributed by atoms with E-state index in [9.17, 15) is 4.79 Å². The lowest BCUT2D eigenvalue weighted by Gasteiger charge is -2.21. The Morgan fingerprint density at radius 3 is 2.47 bits per heavy atom. The first-order valence-electron chi connectivity index (χ1n) is 5.94. The Hall–Kier alpha value is -0.570. The summed E-state index contributed by atoms with van der Waals surface area (Å²) in [5.74, 6) is 1.69. The Morgan fingerprint density at radius 1 is 1.53 bits per heavy atom. The van der Waals surface area contributed by atoms with Gasteiger partial charge in [0, 0.05) is 25.6 Å². The molecule has 0 aromatic heterocycles. The van der Waals surface area contributed by atoms with Gasteiger partial charge in [-0.2, -0.15) is 0 Å². The van der Waals surface area contributed by atoms with Crippen molar-refractivity contribution in [2.75, 3.05) is 13.6 Å². The van der Waals surface area contributed by atoms with E-state index in [1.807, 2.05) is 11.9 Å². The smallest absolute Gasteiger partial charge is 0.225 e. The Morgan fingerprint density at radius 2 is 2.07 bits per heavy atom. The van der Waals surface area contributed by atoms with Crippen molar-refractivity contribution in [1.82, 2.24) is 4.90 Å². The molecule has 3 atom stereocenters. The van der Waals surface area contributed by atoms with Crippen LogP contribution in [0, 0.1) is 17.8 Å². The van der Waals surface area contributed by atoms with Gasteiger partial charge in [0.25, 0.3) is 0 Å². The molecule has 0 aliphatic heterocycles. The number of nitrogens with zero attached hydrogens (tertiary/aromatic N) is 1. The van der Waals surface area contributed by atoms with Crippen LogP contribution in [-0.2, 0) is 4.79 Å². The number of carbonyl (C=O) groups is 1. The first-order valence-corrected chi connectivity index (χ1v) is 5.94. The van der Waals surface area contributed by atoms with Gasteiger partial charge in [-0.15, -0.1) is 0 Å². The summed E-state index contributed by atoms with van der Waals surface area (Å²) in [4.78, 5) is 13.6. The Labute approximate surface area is 93.0 Å². The molecule has 0 aromatic rings. The van der Waals surface area contributed by atoms with Gasteiger partial charge in [0.05, 0.1) is 0 Å². The van der Waals surface area contributed by atoms with Crippen LogP contribution >= 0.6 is 0 Å². The number of carbonyl (C=O) groups excluding carboxylic acids is 1. The molecule has 3 heteroatoms. The molecule has 0 saturated heterocycles. The van der Waals surface area contributed by atoms with E-state index in [1.54, 1.807) is 0 Å². The van der Waals surface area contributed by atoms with Crippen molar-refractivity contribution < 1.29 is 4.79 Å². The average Bonchev–Trinajstić information content (AvgIpc) is 2.89. The number of nitrogens with two attached hydrogens (primary N) is 1. The van der Waals surface area contributed by atoms with Gasteiger partial charge in [-0.25, -0.2) is 0 Å². The first-order chi connectivity index (χ1) is 6.93. The maximum atomic E-state index is 11.8. The maximum Gasteiger partial charge on any atom is 0.225 e. The number of hydrogen-bond acceptors (Lipinski definition) is 2. The van der Waals surface area contributed by atoms with Crippen LogP contribution < -0.4 is 5.73 Å². The predicted octanol–water partition coefficient (Wildman–Crippen LogP) is 1.47. The first kappa shape index (κ1) is 12.5. The van der Waals surface area contributed by atoms with Crippen LogP contribution in [0.5, 0.6) is 0 Å². The molecular formula is C12H24N2O. The summed E-state index contributed by atoms with van der Waals surface area (Å²) in [6.45, 7) is 7.17. The van der Waals surface area contributed by atoms with Crippen LogP contribution in [0.1, 0.15) is 33.6 Å². The second-order valence-electron chi connectivity index (χ2n) is 5.28. The van der Waals surface area contributed by atoms with Crippen molar-refractivity contribution in [3.8, 4) is 0 Å². The third-order valence-electron chi connectivity index (χ3n) is 3.46. The van der Waals surface area contributed by atoms with Gasteiger partial charge in [-0.3, -0.25) is 4.79 Å². The van der Waals surface area contributed by atoms with Crippen LogP contribution in [0.2, 0.25) is 0 Å². The highest BCUT2D eigenvalue weighted by molar-refractivity contribution is 5.81. The third kappa shape index (κ3) is 3.49. The molecule has 1 rings (SSSR count). The van der Waals surface area contributed by atoms with Crippen molar-refractivity contribution in [2.24, 2.45) is 23.5 Å². The van der Waals surface area contributed by atoms with Gasteiger partial charge in [0.15, 0.2) is 0 Å². The predicted molar refractivity (Wildman–Crippen MR) is 62.3 cm³/mol. The fourth-order valence-electron chi connectivity index (χ4n) is 1.74. The Bertz CT molecular complexity index is 228. The number of rotatable bonds is 5. The highest BCUT2D eigenvalue weighted by atomic mass is 16.2. The molecule has 15 heavy (non-hydrogen) atoms. The molecule has 1 fully saturated rings. The normalized spacial score (nSPS) is 26.5. The topological polar surface area (TPSA) is 46.3 Å². The second-order valence-corrected chi connectivity index (χ2v) is 5.28. The highest BCUT2D eigenvalue weighted by Gasteiger charge is 2.40. The largest absolute Gasteiger partial charge is 0.345 e. The molecule has 3 unspecified atom stereocenters. The quantitative estimate of drug-likeness (QED) is 0.750. The number of amides is 1. The van der Waals surface area contributed by atoms with Crippen molar-refractivity contribution in [3.63, 3.8) is 0 Å². The molecule has 1 aliphatic rings. The molecule has 88 valence electrons. The second kappa shape index (κ2) is 4.97. The Kier molecular flexibility index (Phi) is 4.14. The summed E-state index contributed by atoms with van der Waals surface area (Å²) in [6, 6.07) is 0.205. The van der Waals surface area contributed by atoms with E-state index < -0.39 is 0 Å². The fourth-order valence-corrected chi connectivity index (χ4v) is 1.74. The van der Waals surface area contributed by atoms with E-state index >= 15 is 0 Å². The lowest BCUT2D eigenvalue weighted by molar-refractivity contribution is -0.131. The minimum Gasteiger partial charge on any atom is -0.345 e. The average molecular weight is 212 g/mol. The standard InChI is InChI=1S/C12H24N2O/c1-8(2)11(13)5-6-14(4)12(15)10-7-9(10)3/h8-11H,5-7,13H2,1-4H3. The summed E-state index contributed by atoms with van der Waals surface area (Å²) >= 11 is 0. The molecule has 2 N–H and O–H groups in total. The summed E-state index contributed by atoms with van der Waals surface area (Å²) in [6.07, 6.45) is 1.97. The summed E-state index contributed by atoms with van der Waals surface area (Å²) in [5, 5.41) is 0. The number of hydrogen-bond donors (Lipinski definition) is 1. The molecule has 1 amide bonds. The molecule has 0 heterocycles. The SMILES string of the molecule is CC(C)C(N)CCN(C)C(=O)C1CC1C. The van der Waals surface area contributed by atoms with E-state index in [0.717, 1.165) is 19.4 Å². The molecule has 0 bridgehead atoms. The van der Waals surface area contributed by atoms with Crippen LogP contribution in [0.25, 0.3) is 0 Å².